The van der Waals surface area contributed by atoms with Crippen molar-refractivity contribution in [2.75, 3.05) is 13.6 Å². The minimum atomic E-state index is 0.0264. The Morgan fingerprint density at radius 1 is 1.39 bits per heavy atom. The summed E-state index contributed by atoms with van der Waals surface area (Å²) in [6.07, 6.45) is 6.25. The number of fused-ring (bicyclic) bond motifs is 1. The van der Waals surface area contributed by atoms with Gasteiger partial charge in [0, 0.05) is 31.2 Å². The van der Waals surface area contributed by atoms with Crippen LogP contribution in [0.15, 0.2) is 12.3 Å². The zero-order chi connectivity index (χ0) is 17.0. The van der Waals surface area contributed by atoms with Crippen molar-refractivity contribution in [1.82, 2.24) is 19.4 Å². The Kier molecular flexibility index (Phi) is 5.99. The molecule has 0 N–H and O–H groups in total. The summed E-state index contributed by atoms with van der Waals surface area (Å²) in [5.41, 5.74) is 1.47. The quantitative estimate of drug-likeness (QED) is 0.784. The highest BCUT2D eigenvalue weighted by atomic mass is 35.5. The highest BCUT2D eigenvalue weighted by Gasteiger charge is 2.26. The second-order valence-corrected chi connectivity index (χ2v) is 5.91. The molecule has 0 spiro atoms. The first-order valence-corrected chi connectivity index (χ1v) is 8.78. The van der Waals surface area contributed by atoms with Crippen molar-refractivity contribution in [1.29, 1.82) is 0 Å². The van der Waals surface area contributed by atoms with Crippen molar-refractivity contribution in [2.45, 2.75) is 52.5 Å². The minimum absolute atomic E-state index is 0.0264. The van der Waals surface area contributed by atoms with E-state index in [-0.39, 0.29) is 11.2 Å². The van der Waals surface area contributed by atoms with Gasteiger partial charge in [0.1, 0.15) is 11.3 Å². The van der Waals surface area contributed by atoms with Gasteiger partial charge in [-0.1, -0.05) is 26.7 Å². The lowest BCUT2D eigenvalue weighted by molar-refractivity contribution is 0.0790. The van der Waals surface area contributed by atoms with Crippen molar-refractivity contribution in [3.63, 3.8) is 0 Å². The van der Waals surface area contributed by atoms with E-state index in [1.54, 1.807) is 11.1 Å². The fourth-order valence-electron chi connectivity index (χ4n) is 3.02. The van der Waals surface area contributed by atoms with Gasteiger partial charge in [-0.25, -0.2) is 4.98 Å². The molecule has 3 rings (SSSR count). The first kappa shape index (κ1) is 17.7. The van der Waals surface area contributed by atoms with Crippen LogP contribution in [-0.2, 0) is 0 Å². The Morgan fingerprint density at radius 2 is 2.04 bits per heavy atom. The van der Waals surface area contributed by atoms with Gasteiger partial charge < -0.3 is 9.47 Å². The Bertz CT molecular complexity index is 677. The van der Waals surface area contributed by atoms with E-state index < -0.39 is 0 Å². The van der Waals surface area contributed by atoms with Crippen LogP contribution in [0.1, 0.15) is 63.0 Å². The van der Waals surface area contributed by atoms with Crippen LogP contribution in [0.5, 0.6) is 0 Å². The molecule has 0 aromatic carbocycles. The van der Waals surface area contributed by atoms with Gasteiger partial charge in [-0.2, -0.15) is 4.98 Å². The van der Waals surface area contributed by atoms with E-state index in [4.69, 9.17) is 11.6 Å². The molecule has 1 saturated carbocycles. The first-order chi connectivity index (χ1) is 11.1. The number of halogens is 1. The topological polar surface area (TPSA) is 51.0 Å². The van der Waals surface area contributed by atoms with Crippen LogP contribution in [0, 0.1) is 0 Å². The molecule has 1 fully saturated rings. The molecule has 0 aliphatic heterocycles. The summed E-state index contributed by atoms with van der Waals surface area (Å²) in [4.78, 5) is 22.7. The van der Waals surface area contributed by atoms with Gasteiger partial charge in [-0.05, 0) is 37.4 Å². The van der Waals surface area contributed by atoms with Crippen molar-refractivity contribution >= 4 is 28.5 Å². The third kappa shape index (κ3) is 3.50. The Labute approximate surface area is 142 Å². The Hall–Kier alpha value is -1.62. The largest absolute Gasteiger partial charge is 0.341 e. The molecule has 2 heterocycles. The maximum atomic E-state index is 12.6. The van der Waals surface area contributed by atoms with E-state index in [1.165, 1.54) is 12.8 Å². The predicted molar refractivity (Wildman–Crippen MR) is 94.0 cm³/mol. The average molecular weight is 337 g/mol. The summed E-state index contributed by atoms with van der Waals surface area (Å²) in [6.45, 7) is 6.65. The standard InChI is InChI=1S/C15H19ClN4O.C2H6/c1-3-19(2)14(21)12-8-10-9-17-15(16)18-13(10)20(12)11-6-4-5-7-11;1-2/h8-9,11H,3-7H2,1-2H3;1-2H3. The van der Waals surface area contributed by atoms with Gasteiger partial charge in [0.2, 0.25) is 5.28 Å². The van der Waals surface area contributed by atoms with E-state index in [1.807, 2.05) is 33.9 Å². The molecule has 2 aromatic heterocycles. The lowest BCUT2D eigenvalue weighted by Crippen LogP contribution is -2.29. The molecular formula is C17H25ClN4O. The van der Waals surface area contributed by atoms with Gasteiger partial charge in [0.25, 0.3) is 5.91 Å². The average Bonchev–Trinajstić information content (AvgIpc) is 3.21. The predicted octanol–water partition coefficient (Wildman–Crippen LogP) is 4.32. The number of aromatic nitrogens is 3. The minimum Gasteiger partial charge on any atom is -0.341 e. The van der Waals surface area contributed by atoms with E-state index >= 15 is 0 Å². The van der Waals surface area contributed by atoms with Crippen LogP contribution in [0.25, 0.3) is 11.0 Å². The van der Waals surface area contributed by atoms with Gasteiger partial charge >= 0.3 is 0 Å². The Balaban J connectivity index is 0.000000924. The second kappa shape index (κ2) is 7.77. The molecule has 23 heavy (non-hydrogen) atoms. The van der Waals surface area contributed by atoms with Crippen molar-refractivity contribution in [3.05, 3.63) is 23.2 Å². The molecule has 0 radical (unpaired) electrons. The maximum Gasteiger partial charge on any atom is 0.270 e. The van der Waals surface area contributed by atoms with Crippen LogP contribution in [0.3, 0.4) is 0 Å². The van der Waals surface area contributed by atoms with Crippen LogP contribution in [0.2, 0.25) is 5.28 Å². The number of hydrogen-bond acceptors (Lipinski definition) is 3. The molecule has 126 valence electrons. The zero-order valence-corrected chi connectivity index (χ0v) is 15.1. The SMILES string of the molecule is CC.CCN(C)C(=O)c1cc2cnc(Cl)nc2n1C1CCCC1. The van der Waals surface area contributed by atoms with Crippen LogP contribution >= 0.6 is 11.6 Å². The van der Waals surface area contributed by atoms with Crippen LogP contribution < -0.4 is 0 Å². The molecule has 1 amide bonds. The van der Waals surface area contributed by atoms with E-state index in [0.717, 1.165) is 23.9 Å². The lowest BCUT2D eigenvalue weighted by atomic mass is 10.2. The smallest absolute Gasteiger partial charge is 0.270 e. The normalized spacial score (nSPS) is 14.7. The van der Waals surface area contributed by atoms with E-state index in [0.29, 0.717) is 18.3 Å². The summed E-state index contributed by atoms with van der Waals surface area (Å²) in [5, 5.41) is 1.10. The summed E-state index contributed by atoms with van der Waals surface area (Å²) in [7, 11) is 1.82. The third-order valence-corrected chi connectivity index (χ3v) is 4.46. The highest BCUT2D eigenvalue weighted by Crippen LogP contribution is 2.34. The molecule has 1 aliphatic carbocycles. The molecule has 2 aromatic rings. The number of carbonyl (C=O) groups excluding carboxylic acids is 1. The fraction of sp³-hybridized carbons (Fsp3) is 0.588. The van der Waals surface area contributed by atoms with Crippen LogP contribution in [-0.4, -0.2) is 38.9 Å². The zero-order valence-electron chi connectivity index (χ0n) is 14.3. The van der Waals surface area contributed by atoms with Gasteiger partial charge in [-0.3, -0.25) is 4.79 Å². The van der Waals surface area contributed by atoms with Crippen molar-refractivity contribution in [2.24, 2.45) is 0 Å². The number of hydrogen-bond donors (Lipinski definition) is 0. The van der Waals surface area contributed by atoms with E-state index in [2.05, 4.69) is 14.5 Å². The summed E-state index contributed by atoms with van der Waals surface area (Å²) < 4.78 is 2.07. The molecule has 6 heteroatoms. The highest BCUT2D eigenvalue weighted by molar-refractivity contribution is 6.28. The van der Waals surface area contributed by atoms with Crippen LogP contribution in [0.4, 0.5) is 0 Å². The first-order valence-electron chi connectivity index (χ1n) is 8.40. The third-order valence-electron chi connectivity index (χ3n) is 4.28. The monoisotopic (exact) mass is 336 g/mol. The molecule has 1 aliphatic rings. The Morgan fingerprint density at radius 3 is 2.65 bits per heavy atom. The fourth-order valence-corrected chi connectivity index (χ4v) is 3.15. The number of nitrogens with zero attached hydrogens (tertiary/aromatic N) is 4. The number of rotatable bonds is 3. The van der Waals surface area contributed by atoms with E-state index in [9.17, 15) is 4.79 Å². The molecule has 0 bridgehead atoms. The van der Waals surface area contributed by atoms with Crippen molar-refractivity contribution < 1.29 is 4.79 Å². The van der Waals surface area contributed by atoms with Gasteiger partial charge in [0.05, 0.1) is 0 Å². The number of amides is 1. The molecular weight excluding hydrogens is 312 g/mol. The summed E-state index contributed by atoms with van der Waals surface area (Å²) >= 11 is 5.95. The number of carbonyl (C=O) groups is 1. The molecule has 0 saturated heterocycles. The summed E-state index contributed by atoms with van der Waals surface area (Å²) in [6, 6.07) is 2.22. The van der Waals surface area contributed by atoms with Gasteiger partial charge in [0.15, 0.2) is 0 Å². The molecule has 0 unspecified atom stereocenters. The van der Waals surface area contributed by atoms with Gasteiger partial charge in [-0.15, -0.1) is 0 Å². The second-order valence-electron chi connectivity index (χ2n) is 5.58. The molecule has 0 atom stereocenters. The summed E-state index contributed by atoms with van der Waals surface area (Å²) in [5.74, 6) is 0.0264. The lowest BCUT2D eigenvalue weighted by Gasteiger charge is -2.20. The maximum absolute atomic E-state index is 12.6. The van der Waals surface area contributed by atoms with Crippen molar-refractivity contribution in [3.8, 4) is 0 Å². The molecule has 5 nitrogen and oxygen atoms in total.